The standard InChI is InChI=1S/C10H13NO3S/c1-7(15(11,12)13)8-2-3-10-9(6-8)4-5-14-10/h2-3,6-7H,4-5H2,1H3,(H2,11,12,13). The van der Waals surface area contributed by atoms with Crippen LogP contribution in [0.4, 0.5) is 0 Å². The summed E-state index contributed by atoms with van der Waals surface area (Å²) < 4.78 is 27.7. The molecule has 1 aromatic rings. The molecule has 0 amide bonds. The van der Waals surface area contributed by atoms with Gasteiger partial charge in [-0.1, -0.05) is 12.1 Å². The molecule has 1 atom stereocenters. The topological polar surface area (TPSA) is 69.4 Å². The van der Waals surface area contributed by atoms with Gasteiger partial charge in [0.1, 0.15) is 5.75 Å². The molecular weight excluding hydrogens is 214 g/mol. The van der Waals surface area contributed by atoms with Gasteiger partial charge in [-0.3, -0.25) is 0 Å². The quantitative estimate of drug-likeness (QED) is 0.818. The third-order valence-corrected chi connectivity index (χ3v) is 3.93. The number of hydrogen-bond donors (Lipinski definition) is 1. The lowest BCUT2D eigenvalue weighted by Gasteiger charge is -2.10. The maximum atomic E-state index is 11.2. The minimum atomic E-state index is -3.51. The Balaban J connectivity index is 2.39. The summed E-state index contributed by atoms with van der Waals surface area (Å²) in [6.07, 6.45) is 0.834. The van der Waals surface area contributed by atoms with Crippen LogP contribution in [0.25, 0.3) is 0 Å². The molecule has 5 heteroatoms. The van der Waals surface area contributed by atoms with E-state index in [1.165, 1.54) is 0 Å². The monoisotopic (exact) mass is 227 g/mol. The molecule has 15 heavy (non-hydrogen) atoms. The first-order chi connectivity index (χ1) is 6.98. The van der Waals surface area contributed by atoms with E-state index in [0.29, 0.717) is 6.61 Å². The Morgan fingerprint density at radius 2 is 2.20 bits per heavy atom. The molecule has 1 aliphatic rings. The number of benzene rings is 1. The second-order valence-electron chi connectivity index (χ2n) is 3.70. The fourth-order valence-electron chi connectivity index (χ4n) is 1.65. The maximum absolute atomic E-state index is 11.2. The first kappa shape index (κ1) is 10.4. The molecule has 1 aromatic carbocycles. The van der Waals surface area contributed by atoms with Crippen LogP contribution < -0.4 is 9.88 Å². The number of fused-ring (bicyclic) bond motifs is 1. The number of primary sulfonamides is 1. The highest BCUT2D eigenvalue weighted by molar-refractivity contribution is 7.89. The highest BCUT2D eigenvalue weighted by atomic mass is 32.2. The van der Waals surface area contributed by atoms with Crippen LogP contribution in [-0.4, -0.2) is 15.0 Å². The zero-order chi connectivity index (χ0) is 11.1. The molecule has 2 N–H and O–H groups in total. The number of sulfonamides is 1. The minimum Gasteiger partial charge on any atom is -0.493 e. The minimum absolute atomic E-state index is 0.664. The number of nitrogens with two attached hydrogens (primary N) is 1. The van der Waals surface area contributed by atoms with Crippen LogP contribution >= 0.6 is 0 Å². The van der Waals surface area contributed by atoms with Crippen molar-refractivity contribution in [3.05, 3.63) is 29.3 Å². The molecule has 0 aromatic heterocycles. The molecule has 1 heterocycles. The molecule has 0 radical (unpaired) electrons. The summed E-state index contributed by atoms with van der Waals surface area (Å²) in [4.78, 5) is 0. The van der Waals surface area contributed by atoms with E-state index in [9.17, 15) is 8.42 Å². The summed E-state index contributed by atoms with van der Waals surface area (Å²) >= 11 is 0. The van der Waals surface area contributed by atoms with Crippen LogP contribution in [0.1, 0.15) is 23.3 Å². The molecule has 1 aliphatic heterocycles. The highest BCUT2D eigenvalue weighted by Gasteiger charge is 2.20. The van der Waals surface area contributed by atoms with Crippen LogP contribution in [0.5, 0.6) is 5.75 Å². The Morgan fingerprint density at radius 3 is 2.87 bits per heavy atom. The predicted octanol–water partition coefficient (Wildman–Crippen LogP) is 0.971. The normalized spacial score (nSPS) is 16.9. The maximum Gasteiger partial charge on any atom is 0.215 e. The van der Waals surface area contributed by atoms with Crippen molar-refractivity contribution >= 4 is 10.0 Å². The van der Waals surface area contributed by atoms with E-state index in [1.54, 1.807) is 19.1 Å². The van der Waals surface area contributed by atoms with Gasteiger partial charge in [-0.15, -0.1) is 0 Å². The van der Waals surface area contributed by atoms with E-state index in [-0.39, 0.29) is 0 Å². The Hall–Kier alpha value is -1.07. The summed E-state index contributed by atoms with van der Waals surface area (Å²) in [5.74, 6) is 0.848. The zero-order valence-corrected chi connectivity index (χ0v) is 9.25. The van der Waals surface area contributed by atoms with Gasteiger partial charge in [-0.05, 0) is 24.1 Å². The SMILES string of the molecule is CC(c1ccc2c(c1)CCO2)S(N)(=O)=O. The first-order valence-corrected chi connectivity index (χ1v) is 6.36. The zero-order valence-electron chi connectivity index (χ0n) is 8.43. The highest BCUT2D eigenvalue weighted by Crippen LogP contribution is 2.29. The molecule has 0 spiro atoms. The molecule has 2 rings (SSSR count). The van der Waals surface area contributed by atoms with Crippen molar-refractivity contribution in [3.8, 4) is 5.75 Å². The smallest absolute Gasteiger partial charge is 0.215 e. The van der Waals surface area contributed by atoms with E-state index in [0.717, 1.165) is 23.3 Å². The summed E-state index contributed by atoms with van der Waals surface area (Å²) in [5.41, 5.74) is 1.78. The fraction of sp³-hybridized carbons (Fsp3) is 0.400. The molecule has 0 fully saturated rings. The first-order valence-electron chi connectivity index (χ1n) is 4.76. The average Bonchev–Trinajstić information content (AvgIpc) is 2.61. The lowest BCUT2D eigenvalue weighted by Crippen LogP contribution is -2.19. The van der Waals surface area contributed by atoms with E-state index in [2.05, 4.69) is 0 Å². The van der Waals surface area contributed by atoms with Crippen molar-refractivity contribution in [3.63, 3.8) is 0 Å². The third kappa shape index (κ3) is 1.98. The van der Waals surface area contributed by atoms with E-state index in [1.807, 2.05) is 6.07 Å². The van der Waals surface area contributed by atoms with E-state index < -0.39 is 15.3 Å². The Labute approximate surface area is 89.1 Å². The van der Waals surface area contributed by atoms with Gasteiger partial charge in [0.2, 0.25) is 10.0 Å². The van der Waals surface area contributed by atoms with Crippen LogP contribution in [0.2, 0.25) is 0 Å². The van der Waals surface area contributed by atoms with Gasteiger partial charge in [-0.2, -0.15) is 0 Å². The van der Waals surface area contributed by atoms with Gasteiger partial charge >= 0.3 is 0 Å². The number of ether oxygens (including phenoxy) is 1. The second-order valence-corrected chi connectivity index (χ2v) is 5.58. The summed E-state index contributed by atoms with van der Waals surface area (Å²) in [6, 6.07) is 5.41. The van der Waals surface area contributed by atoms with Gasteiger partial charge in [0, 0.05) is 6.42 Å². The van der Waals surface area contributed by atoms with Crippen molar-refractivity contribution in [2.75, 3.05) is 6.61 Å². The van der Waals surface area contributed by atoms with Crippen LogP contribution in [-0.2, 0) is 16.4 Å². The Bertz CT molecular complexity index is 481. The van der Waals surface area contributed by atoms with Crippen molar-refractivity contribution < 1.29 is 13.2 Å². The van der Waals surface area contributed by atoms with Crippen molar-refractivity contribution in [1.82, 2.24) is 0 Å². The van der Waals surface area contributed by atoms with Crippen molar-refractivity contribution in [1.29, 1.82) is 0 Å². The largest absolute Gasteiger partial charge is 0.493 e. The molecule has 0 saturated carbocycles. The van der Waals surface area contributed by atoms with Gasteiger partial charge in [0.05, 0.1) is 11.9 Å². The number of rotatable bonds is 2. The molecular formula is C10H13NO3S. The molecule has 0 bridgehead atoms. The van der Waals surface area contributed by atoms with Gasteiger partial charge in [-0.25, -0.2) is 13.6 Å². The molecule has 0 aliphatic carbocycles. The second kappa shape index (κ2) is 3.50. The Kier molecular flexibility index (Phi) is 2.44. The summed E-state index contributed by atoms with van der Waals surface area (Å²) in [6.45, 7) is 2.26. The fourth-order valence-corrected chi connectivity index (χ4v) is 2.18. The Morgan fingerprint density at radius 1 is 1.47 bits per heavy atom. The van der Waals surface area contributed by atoms with Crippen LogP contribution in [0.15, 0.2) is 18.2 Å². The van der Waals surface area contributed by atoms with Crippen LogP contribution in [0.3, 0.4) is 0 Å². The molecule has 0 saturated heterocycles. The number of hydrogen-bond acceptors (Lipinski definition) is 3. The lowest BCUT2D eigenvalue weighted by molar-refractivity contribution is 0.357. The molecule has 82 valence electrons. The van der Waals surface area contributed by atoms with Crippen LogP contribution in [0, 0.1) is 0 Å². The third-order valence-electron chi connectivity index (χ3n) is 2.68. The lowest BCUT2D eigenvalue weighted by atomic mass is 10.1. The van der Waals surface area contributed by atoms with E-state index in [4.69, 9.17) is 9.88 Å². The van der Waals surface area contributed by atoms with Crippen molar-refractivity contribution in [2.24, 2.45) is 5.14 Å². The molecule has 4 nitrogen and oxygen atoms in total. The van der Waals surface area contributed by atoms with Gasteiger partial charge in [0.25, 0.3) is 0 Å². The predicted molar refractivity (Wildman–Crippen MR) is 57.2 cm³/mol. The van der Waals surface area contributed by atoms with E-state index >= 15 is 0 Å². The summed E-state index contributed by atoms with van der Waals surface area (Å²) in [7, 11) is -3.51. The average molecular weight is 227 g/mol. The summed E-state index contributed by atoms with van der Waals surface area (Å²) in [5, 5.41) is 4.43. The van der Waals surface area contributed by atoms with Gasteiger partial charge < -0.3 is 4.74 Å². The van der Waals surface area contributed by atoms with Crippen molar-refractivity contribution in [2.45, 2.75) is 18.6 Å². The van der Waals surface area contributed by atoms with Gasteiger partial charge in [0.15, 0.2) is 0 Å². The molecule has 1 unspecified atom stereocenters.